The van der Waals surface area contributed by atoms with E-state index in [1.54, 1.807) is 0 Å². The first kappa shape index (κ1) is 8.58. The molecule has 1 saturated heterocycles. The largest absolute Gasteiger partial charge is 0.356 e. The third-order valence-electron chi connectivity index (χ3n) is 1.92. The molecule has 0 aromatic carbocycles. The van der Waals surface area contributed by atoms with E-state index >= 15 is 0 Å². The Labute approximate surface area is 79.4 Å². The highest BCUT2D eigenvalue weighted by Crippen LogP contribution is 2.19. The van der Waals surface area contributed by atoms with Gasteiger partial charge in [0.2, 0.25) is 0 Å². The lowest BCUT2D eigenvalue weighted by atomic mass is 10.3. The van der Waals surface area contributed by atoms with Crippen molar-refractivity contribution < 1.29 is 4.74 Å². The van der Waals surface area contributed by atoms with E-state index in [0.717, 1.165) is 12.8 Å². The van der Waals surface area contributed by atoms with Gasteiger partial charge in [0.25, 0.3) is 0 Å². The molecular formula is C7H9N3O2S. The van der Waals surface area contributed by atoms with E-state index in [1.807, 2.05) is 0 Å². The van der Waals surface area contributed by atoms with Crippen molar-refractivity contribution in [1.29, 1.82) is 0 Å². The summed E-state index contributed by atoms with van der Waals surface area (Å²) in [4.78, 5) is 13.8. The van der Waals surface area contributed by atoms with Crippen molar-refractivity contribution in [2.24, 2.45) is 0 Å². The molecule has 70 valence electrons. The van der Waals surface area contributed by atoms with Crippen molar-refractivity contribution >= 4 is 12.2 Å². The molecule has 0 saturated carbocycles. The SMILES string of the molecule is O=c1[nH]c(=S)cnn1C1CCCO1. The Morgan fingerprint density at radius 2 is 2.62 bits per heavy atom. The molecule has 2 rings (SSSR count). The summed E-state index contributed by atoms with van der Waals surface area (Å²) >= 11 is 4.76. The van der Waals surface area contributed by atoms with Crippen molar-refractivity contribution in [3.63, 3.8) is 0 Å². The normalized spacial score (nSPS) is 22.0. The van der Waals surface area contributed by atoms with Gasteiger partial charge in [0.1, 0.15) is 4.64 Å². The molecule has 0 amide bonds. The first-order valence-electron chi connectivity index (χ1n) is 4.07. The minimum absolute atomic E-state index is 0.223. The molecule has 5 nitrogen and oxygen atoms in total. The Morgan fingerprint density at radius 3 is 3.23 bits per heavy atom. The quantitative estimate of drug-likeness (QED) is 0.673. The molecule has 1 aliphatic rings. The molecule has 2 heterocycles. The molecule has 1 atom stereocenters. The summed E-state index contributed by atoms with van der Waals surface area (Å²) in [6.07, 6.45) is 3.02. The average Bonchev–Trinajstić information content (AvgIpc) is 2.56. The van der Waals surface area contributed by atoms with Gasteiger partial charge in [-0.05, 0) is 12.8 Å². The number of rotatable bonds is 1. The van der Waals surface area contributed by atoms with E-state index in [-0.39, 0.29) is 11.9 Å². The number of ether oxygens (including phenoxy) is 1. The molecule has 0 radical (unpaired) electrons. The van der Waals surface area contributed by atoms with Gasteiger partial charge < -0.3 is 4.74 Å². The van der Waals surface area contributed by atoms with Crippen LogP contribution in [0.2, 0.25) is 0 Å². The summed E-state index contributed by atoms with van der Waals surface area (Å²) in [7, 11) is 0. The molecule has 13 heavy (non-hydrogen) atoms. The van der Waals surface area contributed by atoms with Gasteiger partial charge >= 0.3 is 5.69 Å². The molecular weight excluding hydrogens is 190 g/mol. The first-order valence-corrected chi connectivity index (χ1v) is 4.48. The summed E-state index contributed by atoms with van der Waals surface area (Å²) in [5.74, 6) is 0. The van der Waals surface area contributed by atoms with Gasteiger partial charge in [0, 0.05) is 6.61 Å². The van der Waals surface area contributed by atoms with E-state index in [2.05, 4.69) is 10.1 Å². The number of aromatic nitrogens is 3. The van der Waals surface area contributed by atoms with E-state index < -0.39 is 0 Å². The third-order valence-corrected chi connectivity index (χ3v) is 2.12. The van der Waals surface area contributed by atoms with Crippen molar-refractivity contribution in [3.8, 4) is 0 Å². The summed E-state index contributed by atoms with van der Waals surface area (Å²) in [6, 6.07) is 0. The molecule has 1 N–H and O–H groups in total. The Morgan fingerprint density at radius 1 is 1.77 bits per heavy atom. The number of hydrogen-bond acceptors (Lipinski definition) is 4. The molecule has 0 aliphatic carbocycles. The van der Waals surface area contributed by atoms with Gasteiger partial charge in [-0.3, -0.25) is 4.98 Å². The molecule has 0 spiro atoms. The maximum Gasteiger partial charge on any atom is 0.345 e. The average molecular weight is 199 g/mol. The van der Waals surface area contributed by atoms with Crippen LogP contribution in [0.25, 0.3) is 0 Å². The van der Waals surface area contributed by atoms with Gasteiger partial charge in [-0.1, -0.05) is 12.2 Å². The third kappa shape index (κ3) is 1.68. The van der Waals surface area contributed by atoms with E-state index in [0.29, 0.717) is 11.2 Å². The lowest BCUT2D eigenvalue weighted by Gasteiger charge is -2.09. The second-order valence-electron chi connectivity index (χ2n) is 2.85. The van der Waals surface area contributed by atoms with Crippen LogP contribution in [0.3, 0.4) is 0 Å². The minimum Gasteiger partial charge on any atom is -0.356 e. The Balaban J connectivity index is 2.40. The highest BCUT2D eigenvalue weighted by molar-refractivity contribution is 7.71. The number of hydrogen-bond donors (Lipinski definition) is 1. The Hall–Kier alpha value is -1.01. The van der Waals surface area contributed by atoms with Gasteiger partial charge in [0.15, 0.2) is 6.23 Å². The van der Waals surface area contributed by atoms with Crippen LogP contribution in [-0.4, -0.2) is 21.4 Å². The zero-order chi connectivity index (χ0) is 9.26. The van der Waals surface area contributed by atoms with Gasteiger partial charge in [0.05, 0.1) is 6.20 Å². The summed E-state index contributed by atoms with van der Waals surface area (Å²) < 4.78 is 6.95. The van der Waals surface area contributed by atoms with Crippen molar-refractivity contribution in [3.05, 3.63) is 21.3 Å². The van der Waals surface area contributed by atoms with Crippen LogP contribution in [0.5, 0.6) is 0 Å². The predicted octanol–water partition coefficient (Wildman–Crippen LogP) is 0.610. The summed E-state index contributed by atoms with van der Waals surface area (Å²) in [5.41, 5.74) is -0.306. The standard InChI is InChI=1S/C7H9N3O2S/c11-7-9-5(13)4-8-10(7)6-2-1-3-12-6/h4,6H,1-3H2,(H,9,11,13). The van der Waals surface area contributed by atoms with Crippen LogP contribution in [0.15, 0.2) is 11.0 Å². The molecule has 0 bridgehead atoms. The maximum atomic E-state index is 11.3. The van der Waals surface area contributed by atoms with E-state index in [4.69, 9.17) is 17.0 Å². The Bertz CT molecular complexity index is 405. The predicted molar refractivity (Wildman–Crippen MR) is 47.9 cm³/mol. The van der Waals surface area contributed by atoms with Crippen LogP contribution in [-0.2, 0) is 4.74 Å². The molecule has 1 fully saturated rings. The molecule has 1 unspecified atom stereocenters. The molecule has 1 aromatic heterocycles. The fraction of sp³-hybridized carbons (Fsp3) is 0.571. The van der Waals surface area contributed by atoms with Gasteiger partial charge in [-0.2, -0.15) is 9.78 Å². The second-order valence-corrected chi connectivity index (χ2v) is 3.29. The second kappa shape index (κ2) is 3.39. The van der Waals surface area contributed by atoms with E-state index in [9.17, 15) is 4.79 Å². The Kier molecular flexibility index (Phi) is 2.24. The highest BCUT2D eigenvalue weighted by atomic mass is 32.1. The van der Waals surface area contributed by atoms with Crippen molar-refractivity contribution in [1.82, 2.24) is 14.8 Å². The van der Waals surface area contributed by atoms with Gasteiger partial charge in [-0.25, -0.2) is 4.79 Å². The molecule has 1 aliphatic heterocycles. The van der Waals surface area contributed by atoms with Crippen LogP contribution in [0.4, 0.5) is 0 Å². The number of nitrogens with zero attached hydrogens (tertiary/aromatic N) is 2. The summed E-state index contributed by atoms with van der Waals surface area (Å²) in [6.45, 7) is 0.689. The smallest absolute Gasteiger partial charge is 0.345 e. The van der Waals surface area contributed by atoms with Crippen LogP contribution >= 0.6 is 12.2 Å². The highest BCUT2D eigenvalue weighted by Gasteiger charge is 2.18. The monoisotopic (exact) mass is 199 g/mol. The van der Waals surface area contributed by atoms with E-state index in [1.165, 1.54) is 10.9 Å². The molecule has 6 heteroatoms. The zero-order valence-electron chi connectivity index (χ0n) is 6.90. The minimum atomic E-state index is -0.306. The maximum absolute atomic E-state index is 11.3. The van der Waals surface area contributed by atoms with Crippen LogP contribution in [0, 0.1) is 4.64 Å². The van der Waals surface area contributed by atoms with Crippen LogP contribution < -0.4 is 5.69 Å². The topological polar surface area (TPSA) is 59.9 Å². The lowest BCUT2D eigenvalue weighted by Crippen LogP contribution is -2.28. The molecule has 1 aromatic rings. The van der Waals surface area contributed by atoms with Crippen molar-refractivity contribution in [2.45, 2.75) is 19.1 Å². The summed E-state index contributed by atoms with van der Waals surface area (Å²) in [5, 5.41) is 3.90. The van der Waals surface area contributed by atoms with Crippen LogP contribution in [0.1, 0.15) is 19.1 Å². The van der Waals surface area contributed by atoms with Gasteiger partial charge in [-0.15, -0.1) is 0 Å². The first-order chi connectivity index (χ1) is 6.27. The number of nitrogens with one attached hydrogen (secondary N) is 1. The van der Waals surface area contributed by atoms with Crippen molar-refractivity contribution in [2.75, 3.05) is 6.61 Å². The number of aromatic amines is 1. The zero-order valence-corrected chi connectivity index (χ0v) is 7.71. The fourth-order valence-electron chi connectivity index (χ4n) is 1.32. The fourth-order valence-corrected chi connectivity index (χ4v) is 1.46. The lowest BCUT2D eigenvalue weighted by molar-refractivity contribution is 0.0413. The number of H-pyrrole nitrogens is 1.